The third kappa shape index (κ3) is 4.57. The molecular formula is C26H21NO5. The minimum atomic E-state index is -0.480. The lowest BCUT2D eigenvalue weighted by Crippen LogP contribution is -2.19. The molecule has 1 aliphatic heterocycles. The standard InChI is InChI=1S/C26H21NO5/c1-30-22-8-4-7-21(16-22)24-23(27-26(29)32-24)20-6-3-5-18(15-20)10-9-17-11-13-19(14-12-17)25(28)31-2/h3-8,11-16,23-24H,1-2H3,(H,27,29)/t23-,24-/m1/s1. The van der Waals surface area contributed by atoms with Gasteiger partial charge in [0.05, 0.1) is 25.8 Å². The summed E-state index contributed by atoms with van der Waals surface area (Å²) in [4.78, 5) is 23.6. The summed E-state index contributed by atoms with van der Waals surface area (Å²) in [5, 5.41) is 2.89. The third-order valence-electron chi connectivity index (χ3n) is 5.14. The van der Waals surface area contributed by atoms with E-state index in [9.17, 15) is 9.59 Å². The van der Waals surface area contributed by atoms with Crippen LogP contribution in [0, 0.1) is 11.8 Å². The minimum absolute atomic E-state index is 0.351. The number of hydrogen-bond donors (Lipinski definition) is 1. The summed E-state index contributed by atoms with van der Waals surface area (Å²) in [7, 11) is 2.94. The van der Waals surface area contributed by atoms with E-state index in [1.54, 1.807) is 31.4 Å². The number of ether oxygens (including phenoxy) is 3. The van der Waals surface area contributed by atoms with Crippen LogP contribution in [0.3, 0.4) is 0 Å². The maximum absolute atomic E-state index is 12.0. The fourth-order valence-electron chi connectivity index (χ4n) is 3.52. The van der Waals surface area contributed by atoms with Gasteiger partial charge in [0.15, 0.2) is 6.10 Å². The molecule has 0 unspecified atom stereocenters. The highest BCUT2D eigenvalue weighted by Crippen LogP contribution is 2.37. The Balaban J connectivity index is 1.58. The first-order valence-electron chi connectivity index (χ1n) is 9.99. The first-order chi connectivity index (χ1) is 15.6. The Morgan fingerprint density at radius 1 is 0.906 bits per heavy atom. The summed E-state index contributed by atoms with van der Waals surface area (Å²) in [6, 6.07) is 21.7. The predicted octanol–water partition coefficient (Wildman–Crippen LogP) is 4.40. The van der Waals surface area contributed by atoms with Crippen LogP contribution in [0.2, 0.25) is 0 Å². The van der Waals surface area contributed by atoms with Crippen LogP contribution >= 0.6 is 0 Å². The molecule has 160 valence electrons. The largest absolute Gasteiger partial charge is 0.497 e. The molecule has 0 saturated carbocycles. The maximum Gasteiger partial charge on any atom is 0.408 e. The number of amides is 1. The molecule has 3 aromatic carbocycles. The Labute approximate surface area is 186 Å². The average molecular weight is 427 g/mol. The van der Waals surface area contributed by atoms with Gasteiger partial charge in [-0.15, -0.1) is 0 Å². The van der Waals surface area contributed by atoms with Crippen molar-refractivity contribution in [3.63, 3.8) is 0 Å². The number of methoxy groups -OCH3 is 2. The first-order valence-corrected chi connectivity index (χ1v) is 9.99. The summed E-state index contributed by atoms with van der Waals surface area (Å²) in [6.45, 7) is 0. The smallest absolute Gasteiger partial charge is 0.408 e. The average Bonchev–Trinajstić information content (AvgIpc) is 3.24. The van der Waals surface area contributed by atoms with Crippen molar-refractivity contribution in [1.82, 2.24) is 5.32 Å². The number of rotatable bonds is 4. The normalized spacial score (nSPS) is 16.9. The lowest BCUT2D eigenvalue weighted by molar-refractivity contribution is 0.0600. The topological polar surface area (TPSA) is 73.9 Å². The zero-order valence-electron chi connectivity index (χ0n) is 17.6. The van der Waals surface area contributed by atoms with Gasteiger partial charge < -0.3 is 19.5 Å². The Morgan fingerprint density at radius 2 is 1.62 bits per heavy atom. The van der Waals surface area contributed by atoms with Crippen LogP contribution < -0.4 is 10.1 Å². The van der Waals surface area contributed by atoms with Gasteiger partial charge in [0.2, 0.25) is 0 Å². The minimum Gasteiger partial charge on any atom is -0.497 e. The van der Waals surface area contributed by atoms with Crippen LogP contribution in [0.25, 0.3) is 0 Å². The van der Waals surface area contributed by atoms with E-state index in [1.165, 1.54) is 7.11 Å². The van der Waals surface area contributed by atoms with Crippen molar-refractivity contribution >= 4 is 12.1 Å². The van der Waals surface area contributed by atoms with Crippen LogP contribution in [-0.2, 0) is 9.47 Å². The number of carbonyl (C=O) groups excluding carboxylic acids is 2. The van der Waals surface area contributed by atoms with E-state index in [0.29, 0.717) is 11.3 Å². The summed E-state index contributed by atoms with van der Waals surface area (Å²) in [6.07, 6.45) is -0.948. The predicted molar refractivity (Wildman–Crippen MR) is 118 cm³/mol. The maximum atomic E-state index is 12.0. The highest BCUT2D eigenvalue weighted by Gasteiger charge is 2.36. The second-order valence-corrected chi connectivity index (χ2v) is 7.17. The van der Waals surface area contributed by atoms with E-state index in [-0.39, 0.29) is 12.0 Å². The molecule has 1 saturated heterocycles. The van der Waals surface area contributed by atoms with Gasteiger partial charge in [-0.05, 0) is 59.7 Å². The van der Waals surface area contributed by atoms with Gasteiger partial charge in [0.1, 0.15) is 5.75 Å². The lowest BCUT2D eigenvalue weighted by atomic mass is 9.95. The zero-order valence-corrected chi connectivity index (χ0v) is 17.6. The Bertz CT molecular complexity index is 1210. The van der Waals surface area contributed by atoms with Crippen LogP contribution in [-0.4, -0.2) is 26.3 Å². The molecule has 1 heterocycles. The molecule has 0 bridgehead atoms. The van der Waals surface area contributed by atoms with Crippen molar-refractivity contribution in [3.8, 4) is 17.6 Å². The molecule has 6 heteroatoms. The van der Waals surface area contributed by atoms with Gasteiger partial charge in [0.25, 0.3) is 0 Å². The van der Waals surface area contributed by atoms with Gasteiger partial charge in [0, 0.05) is 11.1 Å². The molecule has 1 N–H and O–H groups in total. The van der Waals surface area contributed by atoms with Crippen LogP contribution in [0.1, 0.15) is 44.8 Å². The number of nitrogens with one attached hydrogen (secondary N) is 1. The molecule has 0 spiro atoms. The Hall–Kier alpha value is -4.24. The number of hydrogen-bond acceptors (Lipinski definition) is 5. The van der Waals surface area contributed by atoms with Crippen molar-refractivity contribution < 1.29 is 23.8 Å². The third-order valence-corrected chi connectivity index (χ3v) is 5.14. The number of esters is 1. The van der Waals surface area contributed by atoms with E-state index in [0.717, 1.165) is 22.3 Å². The molecule has 2 atom stereocenters. The van der Waals surface area contributed by atoms with Crippen molar-refractivity contribution in [3.05, 3.63) is 101 Å². The molecule has 32 heavy (non-hydrogen) atoms. The SMILES string of the molecule is COC(=O)c1ccc(C#Cc2cccc([C@H]3NC(=O)O[C@@H]3c3cccc(OC)c3)c2)cc1. The summed E-state index contributed by atoms with van der Waals surface area (Å²) < 4.78 is 15.5. The van der Waals surface area contributed by atoms with Crippen LogP contribution in [0.4, 0.5) is 4.79 Å². The van der Waals surface area contributed by atoms with Crippen molar-refractivity contribution in [2.45, 2.75) is 12.1 Å². The molecule has 4 rings (SSSR count). The number of benzene rings is 3. The first kappa shape index (κ1) is 21.0. The fraction of sp³-hybridized carbons (Fsp3) is 0.154. The fourth-order valence-corrected chi connectivity index (χ4v) is 3.52. The van der Waals surface area contributed by atoms with Crippen LogP contribution in [0.5, 0.6) is 5.75 Å². The molecule has 1 amide bonds. The van der Waals surface area contributed by atoms with Gasteiger partial charge in [-0.25, -0.2) is 9.59 Å². The van der Waals surface area contributed by atoms with E-state index in [4.69, 9.17) is 14.2 Å². The molecule has 1 fully saturated rings. The Morgan fingerprint density at radius 3 is 2.38 bits per heavy atom. The molecule has 0 aromatic heterocycles. The number of cyclic esters (lactones) is 1. The molecule has 1 aliphatic rings. The summed E-state index contributed by atoms with van der Waals surface area (Å²) >= 11 is 0. The van der Waals surface area contributed by atoms with E-state index in [2.05, 4.69) is 17.2 Å². The van der Waals surface area contributed by atoms with Crippen molar-refractivity contribution in [2.24, 2.45) is 0 Å². The highest BCUT2D eigenvalue weighted by molar-refractivity contribution is 5.89. The van der Waals surface area contributed by atoms with E-state index < -0.39 is 12.2 Å². The number of carbonyl (C=O) groups is 2. The van der Waals surface area contributed by atoms with Gasteiger partial charge >= 0.3 is 12.1 Å². The van der Waals surface area contributed by atoms with Gasteiger partial charge in [-0.2, -0.15) is 0 Å². The van der Waals surface area contributed by atoms with E-state index >= 15 is 0 Å². The van der Waals surface area contributed by atoms with Crippen molar-refractivity contribution in [2.75, 3.05) is 14.2 Å². The van der Waals surface area contributed by atoms with E-state index in [1.807, 2.05) is 48.5 Å². The molecule has 0 radical (unpaired) electrons. The highest BCUT2D eigenvalue weighted by atomic mass is 16.6. The lowest BCUT2D eigenvalue weighted by Gasteiger charge is -2.18. The van der Waals surface area contributed by atoms with Crippen molar-refractivity contribution in [1.29, 1.82) is 0 Å². The summed E-state index contributed by atoms with van der Waals surface area (Å²) in [5.74, 6) is 6.54. The number of alkyl carbamates (subject to hydrolysis) is 1. The van der Waals surface area contributed by atoms with Gasteiger partial charge in [-0.1, -0.05) is 36.1 Å². The molecule has 0 aliphatic carbocycles. The zero-order chi connectivity index (χ0) is 22.5. The second kappa shape index (κ2) is 9.27. The molecule has 6 nitrogen and oxygen atoms in total. The quantitative estimate of drug-likeness (QED) is 0.493. The molecular weight excluding hydrogens is 406 g/mol. The molecule has 3 aromatic rings. The monoisotopic (exact) mass is 427 g/mol. The Kier molecular flexibility index (Phi) is 6.09. The van der Waals surface area contributed by atoms with Gasteiger partial charge in [-0.3, -0.25) is 0 Å². The second-order valence-electron chi connectivity index (χ2n) is 7.17. The summed E-state index contributed by atoms with van der Waals surface area (Å²) in [5.41, 5.74) is 3.77. The van der Waals surface area contributed by atoms with Crippen LogP contribution in [0.15, 0.2) is 72.8 Å².